The van der Waals surface area contributed by atoms with Gasteiger partial charge in [-0.25, -0.2) is 13.2 Å². The highest BCUT2D eigenvalue weighted by Crippen LogP contribution is 2.21. The number of nitrogens with one attached hydrogen (secondary N) is 1. The number of carboxylic acid groups (broad SMARTS) is 1. The van der Waals surface area contributed by atoms with Crippen LogP contribution in [0.1, 0.15) is 66.9 Å². The minimum absolute atomic E-state index is 0.00788. The molecule has 0 saturated carbocycles. The fourth-order valence-corrected chi connectivity index (χ4v) is 4.44. The second-order valence-electron chi connectivity index (χ2n) is 7.36. The standard InChI is InChI=1S/C23H31NO4S/c1-2-3-4-5-6-10-17-29(27,28)24-22-16-15-20(18-21(22)23(25)26)14-13-19-11-8-7-9-12-19/h7-9,11-12,15-16,18,24H,2-6,10,13-14,17H2,1H3,(H,25,26). The number of hydrogen-bond acceptors (Lipinski definition) is 3. The third kappa shape index (κ3) is 8.28. The lowest BCUT2D eigenvalue weighted by Gasteiger charge is -2.12. The van der Waals surface area contributed by atoms with Crippen molar-refractivity contribution in [2.75, 3.05) is 10.5 Å². The largest absolute Gasteiger partial charge is 0.478 e. The predicted octanol–water partition coefficient (Wildman–Crippen LogP) is 5.27. The molecule has 5 nitrogen and oxygen atoms in total. The zero-order valence-corrected chi connectivity index (χ0v) is 17.9. The van der Waals surface area contributed by atoms with Gasteiger partial charge in [0.15, 0.2) is 0 Å². The minimum Gasteiger partial charge on any atom is -0.478 e. The molecule has 0 heterocycles. The third-order valence-electron chi connectivity index (χ3n) is 4.89. The summed E-state index contributed by atoms with van der Waals surface area (Å²) in [5, 5.41) is 9.53. The van der Waals surface area contributed by atoms with Gasteiger partial charge in [-0.15, -0.1) is 0 Å². The Morgan fingerprint density at radius 3 is 2.24 bits per heavy atom. The van der Waals surface area contributed by atoms with E-state index in [4.69, 9.17) is 0 Å². The van der Waals surface area contributed by atoms with E-state index in [9.17, 15) is 18.3 Å². The predicted molar refractivity (Wildman–Crippen MR) is 118 cm³/mol. The Balaban J connectivity index is 1.97. The molecule has 0 aromatic heterocycles. The van der Waals surface area contributed by atoms with E-state index in [2.05, 4.69) is 11.6 Å². The van der Waals surface area contributed by atoms with Crippen LogP contribution in [0, 0.1) is 0 Å². The van der Waals surface area contributed by atoms with Crippen LogP contribution in [0.4, 0.5) is 5.69 Å². The number of aryl methyl sites for hydroxylation is 2. The van der Waals surface area contributed by atoms with Crippen molar-refractivity contribution < 1.29 is 18.3 Å². The van der Waals surface area contributed by atoms with Crippen molar-refractivity contribution >= 4 is 21.7 Å². The number of rotatable bonds is 13. The Labute approximate surface area is 174 Å². The summed E-state index contributed by atoms with van der Waals surface area (Å²) in [7, 11) is -3.56. The van der Waals surface area contributed by atoms with Crippen LogP contribution in [-0.4, -0.2) is 25.2 Å². The zero-order chi connectivity index (χ0) is 21.1. The van der Waals surface area contributed by atoms with E-state index in [1.165, 1.54) is 12.0 Å². The number of aromatic carboxylic acids is 1. The van der Waals surface area contributed by atoms with Crippen LogP contribution in [0.5, 0.6) is 0 Å². The second-order valence-corrected chi connectivity index (χ2v) is 9.20. The average molecular weight is 418 g/mol. The van der Waals surface area contributed by atoms with E-state index < -0.39 is 16.0 Å². The minimum atomic E-state index is -3.56. The molecule has 0 atom stereocenters. The molecule has 0 amide bonds. The maximum absolute atomic E-state index is 12.4. The van der Waals surface area contributed by atoms with Crippen LogP contribution >= 0.6 is 0 Å². The molecule has 0 radical (unpaired) electrons. The van der Waals surface area contributed by atoms with Gasteiger partial charge in [0.25, 0.3) is 0 Å². The summed E-state index contributed by atoms with van der Waals surface area (Å²) in [6.07, 6.45) is 7.40. The number of sulfonamides is 1. The summed E-state index contributed by atoms with van der Waals surface area (Å²) in [6.45, 7) is 2.14. The lowest BCUT2D eigenvalue weighted by molar-refractivity contribution is 0.0698. The Morgan fingerprint density at radius 2 is 1.55 bits per heavy atom. The fraction of sp³-hybridized carbons (Fsp3) is 0.435. The summed E-state index contributed by atoms with van der Waals surface area (Å²) >= 11 is 0. The first-order chi connectivity index (χ1) is 13.9. The molecule has 29 heavy (non-hydrogen) atoms. The average Bonchev–Trinajstić information content (AvgIpc) is 2.70. The number of benzene rings is 2. The van der Waals surface area contributed by atoms with Crippen LogP contribution in [0.15, 0.2) is 48.5 Å². The van der Waals surface area contributed by atoms with Crippen LogP contribution in [0.25, 0.3) is 0 Å². The van der Waals surface area contributed by atoms with Gasteiger partial charge in [-0.3, -0.25) is 4.72 Å². The van der Waals surface area contributed by atoms with Gasteiger partial charge in [-0.1, -0.05) is 75.4 Å². The summed E-state index contributed by atoms with van der Waals surface area (Å²) in [6, 6.07) is 14.9. The van der Waals surface area contributed by atoms with E-state index in [0.29, 0.717) is 12.8 Å². The number of unbranched alkanes of at least 4 members (excludes halogenated alkanes) is 5. The highest BCUT2D eigenvalue weighted by atomic mass is 32.2. The van der Waals surface area contributed by atoms with Gasteiger partial charge in [-0.05, 0) is 42.5 Å². The molecule has 2 aromatic rings. The molecule has 0 bridgehead atoms. The van der Waals surface area contributed by atoms with Gasteiger partial charge < -0.3 is 5.11 Å². The molecule has 6 heteroatoms. The van der Waals surface area contributed by atoms with Crippen molar-refractivity contribution in [3.8, 4) is 0 Å². The molecule has 158 valence electrons. The van der Waals surface area contributed by atoms with Crippen molar-refractivity contribution in [2.45, 2.75) is 58.3 Å². The van der Waals surface area contributed by atoms with E-state index in [1.54, 1.807) is 18.2 Å². The Morgan fingerprint density at radius 1 is 0.897 bits per heavy atom. The Kier molecular flexibility index (Phi) is 9.19. The summed E-state index contributed by atoms with van der Waals surface area (Å²) < 4.78 is 27.2. The second kappa shape index (κ2) is 11.6. The molecule has 0 spiro atoms. The fourth-order valence-electron chi connectivity index (χ4n) is 3.24. The maximum atomic E-state index is 12.4. The van der Waals surface area contributed by atoms with Crippen molar-refractivity contribution in [1.29, 1.82) is 0 Å². The first-order valence-electron chi connectivity index (χ1n) is 10.3. The summed E-state index contributed by atoms with van der Waals surface area (Å²) in [5.74, 6) is -1.13. The number of anilines is 1. The molecular weight excluding hydrogens is 386 g/mol. The van der Waals surface area contributed by atoms with Crippen molar-refractivity contribution in [3.05, 3.63) is 65.2 Å². The molecular formula is C23H31NO4S. The molecule has 2 aromatic carbocycles. The molecule has 0 unspecified atom stereocenters. The van der Waals surface area contributed by atoms with Crippen LogP contribution in [-0.2, 0) is 22.9 Å². The van der Waals surface area contributed by atoms with Crippen molar-refractivity contribution in [2.24, 2.45) is 0 Å². The first kappa shape index (κ1) is 22.9. The molecule has 0 aliphatic carbocycles. The first-order valence-corrected chi connectivity index (χ1v) is 12.0. The SMILES string of the molecule is CCCCCCCCS(=O)(=O)Nc1ccc(CCc2ccccc2)cc1C(=O)O. The number of carboxylic acids is 1. The number of hydrogen-bond donors (Lipinski definition) is 2. The van der Waals surface area contributed by atoms with Gasteiger partial charge in [0, 0.05) is 0 Å². The van der Waals surface area contributed by atoms with Gasteiger partial charge in [0.1, 0.15) is 0 Å². The van der Waals surface area contributed by atoms with E-state index >= 15 is 0 Å². The van der Waals surface area contributed by atoms with Crippen LogP contribution in [0.3, 0.4) is 0 Å². The zero-order valence-electron chi connectivity index (χ0n) is 17.1. The molecule has 2 rings (SSSR count). The van der Waals surface area contributed by atoms with Gasteiger partial charge >= 0.3 is 5.97 Å². The van der Waals surface area contributed by atoms with Gasteiger partial charge in [0.05, 0.1) is 17.0 Å². The van der Waals surface area contributed by atoms with E-state index in [-0.39, 0.29) is 17.0 Å². The lowest BCUT2D eigenvalue weighted by atomic mass is 10.0. The molecule has 0 aliphatic rings. The summed E-state index contributed by atoms with van der Waals surface area (Å²) in [5.41, 5.74) is 2.16. The Hall–Kier alpha value is -2.34. The molecule has 0 fully saturated rings. The topological polar surface area (TPSA) is 83.5 Å². The highest BCUT2D eigenvalue weighted by molar-refractivity contribution is 7.92. The van der Waals surface area contributed by atoms with E-state index in [0.717, 1.165) is 37.7 Å². The smallest absolute Gasteiger partial charge is 0.337 e. The van der Waals surface area contributed by atoms with Gasteiger partial charge in [0.2, 0.25) is 10.0 Å². The highest BCUT2D eigenvalue weighted by Gasteiger charge is 2.17. The Bertz CT molecular complexity index is 879. The monoisotopic (exact) mass is 417 g/mol. The molecule has 0 saturated heterocycles. The molecule has 2 N–H and O–H groups in total. The van der Waals surface area contributed by atoms with E-state index in [1.807, 2.05) is 30.3 Å². The quantitative estimate of drug-likeness (QED) is 0.435. The normalized spacial score (nSPS) is 11.3. The van der Waals surface area contributed by atoms with Crippen molar-refractivity contribution in [1.82, 2.24) is 0 Å². The molecule has 0 aliphatic heterocycles. The third-order valence-corrected chi connectivity index (χ3v) is 6.25. The van der Waals surface area contributed by atoms with Crippen LogP contribution in [0.2, 0.25) is 0 Å². The van der Waals surface area contributed by atoms with Crippen molar-refractivity contribution in [3.63, 3.8) is 0 Å². The summed E-state index contributed by atoms with van der Waals surface area (Å²) in [4.78, 5) is 11.7. The maximum Gasteiger partial charge on any atom is 0.337 e. The number of carbonyl (C=O) groups is 1. The van der Waals surface area contributed by atoms with Gasteiger partial charge in [-0.2, -0.15) is 0 Å². The van der Waals surface area contributed by atoms with Crippen LogP contribution < -0.4 is 4.72 Å². The lowest BCUT2D eigenvalue weighted by Crippen LogP contribution is -2.19.